The van der Waals surface area contributed by atoms with Gasteiger partial charge in [-0.15, -0.1) is 12.4 Å². The van der Waals surface area contributed by atoms with Gasteiger partial charge in [0.1, 0.15) is 11.9 Å². The van der Waals surface area contributed by atoms with E-state index in [1.54, 1.807) is 6.07 Å². The zero-order valence-corrected chi connectivity index (χ0v) is 8.68. The number of rotatable bonds is 1. The number of fused-ring (bicyclic) bond motifs is 1. The molecule has 0 amide bonds. The Bertz CT molecular complexity index is 384. The number of halogens is 2. The fourth-order valence-electron chi connectivity index (χ4n) is 1.66. The Labute approximate surface area is 92.7 Å². The standard InChI is InChI=1S/C10H10FNO2.ClH/c11-8-2-1-6-5-12-9(10(13)14)4-7(6)3-8;/h1-3,9,12H,4-5H2,(H,13,14);1H/t9-;/m1./s1. The van der Waals surface area contributed by atoms with Crippen LogP contribution in [0.4, 0.5) is 4.39 Å². The molecular formula is C10H11ClFNO2. The second-order valence-corrected chi connectivity index (χ2v) is 3.39. The highest BCUT2D eigenvalue weighted by Gasteiger charge is 2.23. The molecule has 0 bridgehead atoms. The molecule has 1 atom stereocenters. The molecule has 0 fully saturated rings. The van der Waals surface area contributed by atoms with Gasteiger partial charge in [0.25, 0.3) is 0 Å². The van der Waals surface area contributed by atoms with Gasteiger partial charge in [-0.2, -0.15) is 0 Å². The van der Waals surface area contributed by atoms with Gasteiger partial charge in [-0.3, -0.25) is 4.79 Å². The van der Waals surface area contributed by atoms with Crippen LogP contribution in [0, 0.1) is 5.82 Å². The van der Waals surface area contributed by atoms with Gasteiger partial charge in [-0.25, -0.2) is 4.39 Å². The lowest BCUT2D eigenvalue weighted by Gasteiger charge is -2.22. The Morgan fingerprint density at radius 2 is 2.20 bits per heavy atom. The van der Waals surface area contributed by atoms with Crippen LogP contribution < -0.4 is 5.32 Å². The first-order valence-electron chi connectivity index (χ1n) is 4.40. The van der Waals surface area contributed by atoms with Crippen molar-refractivity contribution in [2.45, 2.75) is 19.0 Å². The van der Waals surface area contributed by atoms with Crippen molar-refractivity contribution in [3.8, 4) is 0 Å². The minimum absolute atomic E-state index is 0. The Morgan fingerprint density at radius 1 is 1.47 bits per heavy atom. The summed E-state index contributed by atoms with van der Waals surface area (Å²) in [5.41, 5.74) is 1.76. The molecule has 1 aliphatic heterocycles. The Morgan fingerprint density at radius 3 is 2.87 bits per heavy atom. The molecule has 2 rings (SSSR count). The minimum Gasteiger partial charge on any atom is -0.480 e. The molecule has 0 saturated heterocycles. The average Bonchev–Trinajstić information content (AvgIpc) is 2.16. The number of hydrogen-bond donors (Lipinski definition) is 2. The van der Waals surface area contributed by atoms with Crippen molar-refractivity contribution in [3.05, 3.63) is 35.1 Å². The summed E-state index contributed by atoms with van der Waals surface area (Å²) < 4.78 is 12.9. The Hall–Kier alpha value is -1.13. The van der Waals surface area contributed by atoms with Crippen molar-refractivity contribution >= 4 is 18.4 Å². The van der Waals surface area contributed by atoms with E-state index in [-0.39, 0.29) is 18.2 Å². The quantitative estimate of drug-likeness (QED) is 0.767. The van der Waals surface area contributed by atoms with E-state index in [1.807, 2.05) is 0 Å². The number of hydrogen-bond acceptors (Lipinski definition) is 2. The summed E-state index contributed by atoms with van der Waals surface area (Å²) in [6.07, 6.45) is 0.350. The maximum Gasteiger partial charge on any atom is 0.321 e. The molecule has 0 radical (unpaired) electrons. The van der Waals surface area contributed by atoms with Crippen LogP contribution in [-0.2, 0) is 17.8 Å². The maximum atomic E-state index is 12.9. The zero-order chi connectivity index (χ0) is 10.1. The van der Waals surface area contributed by atoms with Crippen LogP contribution in [-0.4, -0.2) is 17.1 Å². The first-order valence-corrected chi connectivity index (χ1v) is 4.40. The zero-order valence-electron chi connectivity index (χ0n) is 7.87. The lowest BCUT2D eigenvalue weighted by atomic mass is 9.96. The number of nitrogens with one attached hydrogen (secondary N) is 1. The fraction of sp³-hybridized carbons (Fsp3) is 0.300. The fourth-order valence-corrected chi connectivity index (χ4v) is 1.66. The molecule has 3 nitrogen and oxygen atoms in total. The molecule has 15 heavy (non-hydrogen) atoms. The van der Waals surface area contributed by atoms with Crippen LogP contribution in [0.25, 0.3) is 0 Å². The Kier molecular flexibility index (Phi) is 3.66. The van der Waals surface area contributed by atoms with Crippen LogP contribution in [0.3, 0.4) is 0 Å². The van der Waals surface area contributed by atoms with Crippen molar-refractivity contribution in [1.82, 2.24) is 5.32 Å². The molecule has 5 heteroatoms. The largest absolute Gasteiger partial charge is 0.480 e. The van der Waals surface area contributed by atoms with Gasteiger partial charge in [0.15, 0.2) is 0 Å². The number of aliphatic carboxylic acids is 1. The average molecular weight is 232 g/mol. The highest BCUT2D eigenvalue weighted by Crippen LogP contribution is 2.17. The third kappa shape index (κ3) is 2.46. The van der Waals surface area contributed by atoms with E-state index in [1.165, 1.54) is 12.1 Å². The lowest BCUT2D eigenvalue weighted by Crippen LogP contribution is -2.41. The molecule has 1 aromatic rings. The second-order valence-electron chi connectivity index (χ2n) is 3.39. The normalized spacial score (nSPS) is 18.9. The van der Waals surface area contributed by atoms with Crippen LogP contribution in [0.1, 0.15) is 11.1 Å². The number of carboxylic acid groups (broad SMARTS) is 1. The predicted molar refractivity (Wildman–Crippen MR) is 55.6 cm³/mol. The van der Waals surface area contributed by atoms with E-state index in [9.17, 15) is 9.18 Å². The molecule has 0 aliphatic carbocycles. The molecule has 82 valence electrons. The molecule has 0 unspecified atom stereocenters. The smallest absolute Gasteiger partial charge is 0.321 e. The summed E-state index contributed by atoms with van der Waals surface area (Å²) in [7, 11) is 0. The summed E-state index contributed by atoms with van der Waals surface area (Å²) >= 11 is 0. The third-order valence-electron chi connectivity index (χ3n) is 2.43. The van der Waals surface area contributed by atoms with Gasteiger partial charge in [0.05, 0.1) is 0 Å². The van der Waals surface area contributed by atoms with Gasteiger partial charge in [-0.1, -0.05) is 6.07 Å². The van der Waals surface area contributed by atoms with E-state index in [4.69, 9.17) is 5.11 Å². The summed E-state index contributed by atoms with van der Waals surface area (Å²) in [5.74, 6) is -1.20. The summed E-state index contributed by atoms with van der Waals surface area (Å²) in [5, 5.41) is 11.6. The molecular weight excluding hydrogens is 221 g/mol. The van der Waals surface area contributed by atoms with Crippen LogP contribution in [0.5, 0.6) is 0 Å². The molecule has 0 spiro atoms. The van der Waals surface area contributed by atoms with E-state index in [0.29, 0.717) is 13.0 Å². The SMILES string of the molecule is Cl.O=C(O)[C@H]1Cc2cc(F)ccc2CN1. The van der Waals surface area contributed by atoms with Gasteiger partial charge in [0.2, 0.25) is 0 Å². The van der Waals surface area contributed by atoms with Crippen LogP contribution in [0.15, 0.2) is 18.2 Å². The van der Waals surface area contributed by atoms with Crippen molar-refractivity contribution < 1.29 is 14.3 Å². The lowest BCUT2D eigenvalue weighted by molar-refractivity contribution is -0.139. The van der Waals surface area contributed by atoms with Crippen molar-refractivity contribution in [2.75, 3.05) is 0 Å². The maximum absolute atomic E-state index is 12.9. The molecule has 0 saturated carbocycles. The molecule has 2 N–H and O–H groups in total. The summed E-state index contributed by atoms with van der Waals surface area (Å²) in [6, 6.07) is 3.90. The van der Waals surface area contributed by atoms with E-state index >= 15 is 0 Å². The van der Waals surface area contributed by atoms with Gasteiger partial charge in [-0.05, 0) is 29.7 Å². The van der Waals surface area contributed by atoms with Crippen molar-refractivity contribution in [1.29, 1.82) is 0 Å². The Balaban J connectivity index is 0.00000112. The second kappa shape index (κ2) is 4.59. The van der Waals surface area contributed by atoms with E-state index < -0.39 is 12.0 Å². The highest BCUT2D eigenvalue weighted by atomic mass is 35.5. The number of benzene rings is 1. The van der Waals surface area contributed by atoms with Crippen LogP contribution >= 0.6 is 12.4 Å². The topological polar surface area (TPSA) is 49.3 Å². The number of carboxylic acids is 1. The van der Waals surface area contributed by atoms with Crippen LogP contribution in [0.2, 0.25) is 0 Å². The first kappa shape index (κ1) is 11.9. The summed E-state index contributed by atoms with van der Waals surface area (Å²) in [6.45, 7) is 0.493. The molecule has 1 aromatic carbocycles. The van der Waals surface area contributed by atoms with Crippen molar-refractivity contribution in [2.24, 2.45) is 0 Å². The molecule has 0 aromatic heterocycles. The first-order chi connectivity index (χ1) is 6.66. The number of carbonyl (C=O) groups is 1. The van der Waals surface area contributed by atoms with E-state index in [0.717, 1.165) is 11.1 Å². The predicted octanol–water partition coefficient (Wildman–Crippen LogP) is 1.35. The third-order valence-corrected chi connectivity index (χ3v) is 2.43. The highest BCUT2D eigenvalue weighted by molar-refractivity contribution is 5.85. The van der Waals surface area contributed by atoms with Gasteiger partial charge < -0.3 is 10.4 Å². The minimum atomic E-state index is -0.889. The molecule has 1 heterocycles. The van der Waals surface area contributed by atoms with E-state index in [2.05, 4.69) is 5.32 Å². The monoisotopic (exact) mass is 231 g/mol. The molecule has 1 aliphatic rings. The van der Waals surface area contributed by atoms with Crippen molar-refractivity contribution in [3.63, 3.8) is 0 Å². The summed E-state index contributed by atoms with van der Waals surface area (Å²) in [4.78, 5) is 10.7. The van der Waals surface area contributed by atoms with Gasteiger partial charge >= 0.3 is 5.97 Å². The van der Waals surface area contributed by atoms with Gasteiger partial charge in [0, 0.05) is 6.54 Å².